The molecule has 0 saturated carbocycles. The molecule has 3 rings (SSSR count). The minimum Gasteiger partial charge on any atom is -0.490 e. The largest absolute Gasteiger partial charge is 0.490 e. The Morgan fingerprint density at radius 2 is 1.59 bits per heavy atom. The van der Waals surface area contributed by atoms with Crippen LogP contribution in [0.4, 0.5) is 0 Å². The topological polar surface area (TPSA) is 71.1 Å². The van der Waals surface area contributed by atoms with Crippen molar-refractivity contribution in [3.8, 4) is 11.5 Å². The van der Waals surface area contributed by atoms with Gasteiger partial charge in [-0.05, 0) is 50.2 Å². The number of carbonyl (C=O) groups excluding carboxylic acids is 2. The van der Waals surface area contributed by atoms with Gasteiger partial charge in [0.05, 0.1) is 13.2 Å². The Kier molecular flexibility index (Phi) is 8.92. The van der Waals surface area contributed by atoms with Crippen LogP contribution in [0.5, 0.6) is 11.5 Å². The Morgan fingerprint density at radius 3 is 2.25 bits per heavy atom. The van der Waals surface area contributed by atoms with Gasteiger partial charge < -0.3 is 24.6 Å². The highest BCUT2D eigenvalue weighted by Crippen LogP contribution is 2.26. The predicted molar refractivity (Wildman–Crippen MR) is 124 cm³/mol. The van der Waals surface area contributed by atoms with Crippen molar-refractivity contribution < 1.29 is 19.1 Å². The molecule has 1 saturated heterocycles. The Morgan fingerprint density at radius 1 is 0.938 bits per heavy atom. The molecule has 1 N–H and O–H groups in total. The number of nitrogens with one attached hydrogen (secondary N) is 1. The summed E-state index contributed by atoms with van der Waals surface area (Å²) in [7, 11) is 2.07. The molecule has 1 fully saturated rings. The fourth-order valence-electron chi connectivity index (χ4n) is 3.51. The molecule has 0 radical (unpaired) electrons. The van der Waals surface area contributed by atoms with E-state index >= 15 is 0 Å². The van der Waals surface area contributed by atoms with Crippen LogP contribution in [0.2, 0.25) is 0 Å². The van der Waals surface area contributed by atoms with Crippen LogP contribution < -0.4 is 14.8 Å². The molecule has 1 aliphatic heterocycles. The van der Waals surface area contributed by atoms with E-state index in [-0.39, 0.29) is 11.8 Å². The first-order valence-corrected chi connectivity index (χ1v) is 11.2. The van der Waals surface area contributed by atoms with Crippen molar-refractivity contribution in [3.63, 3.8) is 0 Å². The molecular weight excluding hydrogens is 406 g/mol. The van der Waals surface area contributed by atoms with Gasteiger partial charge in [-0.25, -0.2) is 0 Å². The lowest BCUT2D eigenvalue weighted by Gasteiger charge is -2.32. The average molecular weight is 440 g/mol. The molecule has 7 heteroatoms. The number of ether oxygens (including phenoxy) is 2. The first-order chi connectivity index (χ1) is 15.6. The van der Waals surface area contributed by atoms with Gasteiger partial charge in [-0.1, -0.05) is 24.3 Å². The molecular formula is C25H33N3O4. The van der Waals surface area contributed by atoms with Crippen LogP contribution in [-0.2, 0) is 11.3 Å². The van der Waals surface area contributed by atoms with Crippen LogP contribution in [0.1, 0.15) is 35.7 Å². The summed E-state index contributed by atoms with van der Waals surface area (Å²) in [6.07, 6.45) is 1.00. The third kappa shape index (κ3) is 6.99. The number of carbonyl (C=O) groups is 2. The molecule has 0 aromatic heterocycles. The molecule has 0 aliphatic carbocycles. The zero-order valence-corrected chi connectivity index (χ0v) is 19.0. The van der Waals surface area contributed by atoms with Crippen molar-refractivity contribution in [2.24, 2.45) is 0 Å². The summed E-state index contributed by atoms with van der Waals surface area (Å²) in [6, 6.07) is 15.0. The monoisotopic (exact) mass is 439 g/mol. The van der Waals surface area contributed by atoms with Crippen molar-refractivity contribution in [1.82, 2.24) is 15.1 Å². The smallest absolute Gasteiger partial charge is 0.253 e. The molecule has 0 spiro atoms. The summed E-state index contributed by atoms with van der Waals surface area (Å²) >= 11 is 0. The first-order valence-electron chi connectivity index (χ1n) is 11.2. The van der Waals surface area contributed by atoms with Crippen molar-refractivity contribution >= 4 is 11.8 Å². The van der Waals surface area contributed by atoms with Gasteiger partial charge in [-0.2, -0.15) is 0 Å². The van der Waals surface area contributed by atoms with E-state index in [0.717, 1.165) is 31.7 Å². The van der Waals surface area contributed by atoms with Gasteiger partial charge in [0.15, 0.2) is 11.5 Å². The molecule has 0 bridgehead atoms. The Balaban J connectivity index is 1.36. The quantitative estimate of drug-likeness (QED) is 0.577. The number of nitrogens with zero attached hydrogens (tertiary/aromatic N) is 2. The molecule has 2 amide bonds. The van der Waals surface area contributed by atoms with E-state index in [0.29, 0.717) is 49.7 Å². The standard InChI is InChI=1S/C25H33N3O4/c1-3-31-22-7-4-5-8-23(22)32-18-6-9-24(29)26-19-20-10-12-21(13-11-20)25(30)28-16-14-27(2)15-17-28/h4-5,7-8,10-13H,3,6,9,14-19H2,1-2H3,(H,26,29). The van der Waals surface area contributed by atoms with Gasteiger partial charge in [0.2, 0.25) is 5.91 Å². The second-order valence-corrected chi connectivity index (χ2v) is 7.90. The van der Waals surface area contributed by atoms with Crippen molar-refractivity contribution in [3.05, 3.63) is 59.7 Å². The summed E-state index contributed by atoms with van der Waals surface area (Å²) in [4.78, 5) is 28.9. The number of rotatable bonds is 10. The normalized spacial score (nSPS) is 14.1. The summed E-state index contributed by atoms with van der Waals surface area (Å²) in [5.41, 5.74) is 1.66. The molecule has 1 heterocycles. The minimum absolute atomic E-state index is 0.0238. The highest BCUT2D eigenvalue weighted by molar-refractivity contribution is 5.94. The molecule has 1 aliphatic rings. The van der Waals surface area contributed by atoms with Gasteiger partial charge in [-0.15, -0.1) is 0 Å². The second kappa shape index (κ2) is 12.1. The molecule has 32 heavy (non-hydrogen) atoms. The molecule has 2 aromatic carbocycles. The SMILES string of the molecule is CCOc1ccccc1OCCCC(=O)NCc1ccc(C(=O)N2CCN(C)CC2)cc1. The number of para-hydroxylation sites is 2. The highest BCUT2D eigenvalue weighted by Gasteiger charge is 2.20. The van der Waals surface area contributed by atoms with E-state index in [1.54, 1.807) is 0 Å². The molecule has 0 unspecified atom stereocenters. The third-order valence-electron chi connectivity index (χ3n) is 5.44. The number of likely N-dealkylation sites (N-methyl/N-ethyl adjacent to an activating group) is 1. The van der Waals surface area contributed by atoms with Crippen LogP contribution in [0.15, 0.2) is 48.5 Å². The molecule has 172 valence electrons. The maximum atomic E-state index is 12.6. The van der Waals surface area contributed by atoms with Crippen molar-refractivity contribution in [2.45, 2.75) is 26.3 Å². The van der Waals surface area contributed by atoms with Gasteiger partial charge in [0.1, 0.15) is 0 Å². The van der Waals surface area contributed by atoms with E-state index in [9.17, 15) is 9.59 Å². The van der Waals surface area contributed by atoms with E-state index < -0.39 is 0 Å². The lowest BCUT2D eigenvalue weighted by Crippen LogP contribution is -2.47. The lowest BCUT2D eigenvalue weighted by atomic mass is 10.1. The van der Waals surface area contributed by atoms with Crippen molar-refractivity contribution in [2.75, 3.05) is 46.4 Å². The predicted octanol–water partition coefficient (Wildman–Crippen LogP) is 2.95. The van der Waals surface area contributed by atoms with E-state index in [1.165, 1.54) is 0 Å². The van der Waals surface area contributed by atoms with Gasteiger partial charge in [0, 0.05) is 44.7 Å². The van der Waals surface area contributed by atoms with Gasteiger partial charge >= 0.3 is 0 Å². The average Bonchev–Trinajstić information content (AvgIpc) is 2.82. The lowest BCUT2D eigenvalue weighted by molar-refractivity contribution is -0.121. The van der Waals surface area contributed by atoms with Crippen LogP contribution >= 0.6 is 0 Å². The van der Waals surface area contributed by atoms with Crippen LogP contribution in [0.25, 0.3) is 0 Å². The summed E-state index contributed by atoms with van der Waals surface area (Å²) in [5, 5.41) is 2.93. The number of amides is 2. The van der Waals surface area contributed by atoms with Gasteiger partial charge in [0.25, 0.3) is 5.91 Å². The van der Waals surface area contributed by atoms with Gasteiger partial charge in [-0.3, -0.25) is 9.59 Å². The Hall–Kier alpha value is -3.06. The molecule has 2 aromatic rings. The van der Waals surface area contributed by atoms with E-state index in [4.69, 9.17) is 9.47 Å². The number of hydrogen-bond acceptors (Lipinski definition) is 5. The number of hydrogen-bond donors (Lipinski definition) is 1. The fourth-order valence-corrected chi connectivity index (χ4v) is 3.51. The summed E-state index contributed by atoms with van der Waals surface area (Å²) in [6.45, 7) is 6.71. The van der Waals surface area contributed by atoms with Crippen LogP contribution in [-0.4, -0.2) is 68.1 Å². The minimum atomic E-state index is -0.0238. The number of piperazine rings is 1. The van der Waals surface area contributed by atoms with Crippen molar-refractivity contribution in [1.29, 1.82) is 0 Å². The second-order valence-electron chi connectivity index (χ2n) is 7.90. The third-order valence-corrected chi connectivity index (χ3v) is 5.44. The zero-order chi connectivity index (χ0) is 22.8. The maximum absolute atomic E-state index is 12.6. The summed E-state index contributed by atoms with van der Waals surface area (Å²) in [5.74, 6) is 1.46. The Labute approximate surface area is 190 Å². The molecule has 7 nitrogen and oxygen atoms in total. The fraction of sp³-hybridized carbons (Fsp3) is 0.440. The zero-order valence-electron chi connectivity index (χ0n) is 19.0. The van der Waals surface area contributed by atoms with E-state index in [1.807, 2.05) is 60.4 Å². The van der Waals surface area contributed by atoms with Crippen LogP contribution in [0.3, 0.4) is 0 Å². The maximum Gasteiger partial charge on any atom is 0.253 e. The number of benzene rings is 2. The highest BCUT2D eigenvalue weighted by atomic mass is 16.5. The van der Waals surface area contributed by atoms with Crippen LogP contribution in [0, 0.1) is 0 Å². The summed E-state index contributed by atoms with van der Waals surface area (Å²) < 4.78 is 11.3. The Bertz CT molecular complexity index is 877. The molecule has 0 atom stereocenters. The van der Waals surface area contributed by atoms with E-state index in [2.05, 4.69) is 17.3 Å². The first kappa shape index (κ1) is 23.6.